The molecule has 0 saturated carbocycles. The van der Waals surface area contributed by atoms with Gasteiger partial charge in [0, 0.05) is 0 Å². The van der Waals surface area contributed by atoms with Gasteiger partial charge in [-0.25, -0.2) is 12.8 Å². The summed E-state index contributed by atoms with van der Waals surface area (Å²) in [4.78, 5) is 0. The Kier molecular flexibility index (Phi) is 2.75. The number of hydrogen-bond acceptors (Lipinski definition) is 3. The zero-order chi connectivity index (χ0) is 11.8. The van der Waals surface area contributed by atoms with Gasteiger partial charge < -0.3 is 5.11 Å². The van der Waals surface area contributed by atoms with E-state index in [9.17, 15) is 17.9 Å². The standard InChI is InChI=1S/C11H13FO3S/c12-10-4-1-3-9(7-10)11(13)5-2-6-16(14,15)8-11/h1,3-4,7,13H,2,5-6,8H2. The normalized spacial score (nSPS) is 28.9. The summed E-state index contributed by atoms with van der Waals surface area (Å²) < 4.78 is 36.0. The van der Waals surface area contributed by atoms with Crippen LogP contribution < -0.4 is 0 Å². The van der Waals surface area contributed by atoms with Crippen molar-refractivity contribution in [1.82, 2.24) is 0 Å². The van der Waals surface area contributed by atoms with Gasteiger partial charge in [-0.05, 0) is 30.5 Å². The highest BCUT2D eigenvalue weighted by Crippen LogP contribution is 2.32. The van der Waals surface area contributed by atoms with Crippen molar-refractivity contribution in [1.29, 1.82) is 0 Å². The van der Waals surface area contributed by atoms with E-state index >= 15 is 0 Å². The predicted octanol–water partition coefficient (Wildman–Crippen LogP) is 1.22. The average Bonchev–Trinajstić information content (AvgIpc) is 2.15. The van der Waals surface area contributed by atoms with E-state index in [-0.39, 0.29) is 11.5 Å². The third-order valence-corrected chi connectivity index (χ3v) is 4.69. The third-order valence-electron chi connectivity index (χ3n) is 2.87. The first-order valence-corrected chi connectivity index (χ1v) is 6.92. The molecule has 1 fully saturated rings. The highest BCUT2D eigenvalue weighted by Gasteiger charge is 2.38. The molecule has 1 aromatic rings. The van der Waals surface area contributed by atoms with Crippen molar-refractivity contribution in [3.05, 3.63) is 35.6 Å². The van der Waals surface area contributed by atoms with E-state index in [1.165, 1.54) is 18.2 Å². The summed E-state index contributed by atoms with van der Waals surface area (Å²) in [5.41, 5.74) is -1.09. The monoisotopic (exact) mass is 244 g/mol. The molecule has 1 saturated heterocycles. The van der Waals surface area contributed by atoms with Crippen LogP contribution >= 0.6 is 0 Å². The molecule has 3 nitrogen and oxygen atoms in total. The second-order valence-electron chi connectivity index (χ2n) is 4.24. The fourth-order valence-electron chi connectivity index (χ4n) is 2.10. The van der Waals surface area contributed by atoms with E-state index in [4.69, 9.17) is 0 Å². The molecular formula is C11H13FO3S. The molecule has 1 N–H and O–H groups in total. The minimum atomic E-state index is -3.22. The Morgan fingerprint density at radius 1 is 1.38 bits per heavy atom. The van der Waals surface area contributed by atoms with Gasteiger partial charge in [-0.15, -0.1) is 0 Å². The van der Waals surface area contributed by atoms with Crippen LogP contribution in [0.25, 0.3) is 0 Å². The summed E-state index contributed by atoms with van der Waals surface area (Å²) in [6, 6.07) is 5.50. The Balaban J connectivity index is 2.38. The zero-order valence-electron chi connectivity index (χ0n) is 8.69. The maximum Gasteiger partial charge on any atom is 0.153 e. The first kappa shape index (κ1) is 11.5. The van der Waals surface area contributed by atoms with Crippen molar-refractivity contribution in [2.24, 2.45) is 0 Å². The second kappa shape index (κ2) is 3.82. The van der Waals surface area contributed by atoms with E-state index in [0.29, 0.717) is 18.4 Å². The van der Waals surface area contributed by atoms with E-state index in [1.807, 2.05) is 0 Å². The summed E-state index contributed by atoms with van der Waals surface area (Å²) in [5, 5.41) is 10.3. The molecule has 1 aliphatic rings. The molecule has 0 aromatic heterocycles. The number of hydrogen-bond donors (Lipinski definition) is 1. The average molecular weight is 244 g/mol. The molecule has 1 aromatic carbocycles. The highest BCUT2D eigenvalue weighted by molar-refractivity contribution is 7.91. The van der Waals surface area contributed by atoms with Crippen molar-refractivity contribution in [3.8, 4) is 0 Å². The van der Waals surface area contributed by atoms with Crippen LogP contribution in [0, 0.1) is 5.82 Å². The van der Waals surface area contributed by atoms with Crippen LogP contribution in [0.3, 0.4) is 0 Å². The van der Waals surface area contributed by atoms with Crippen LogP contribution in [0.1, 0.15) is 18.4 Å². The lowest BCUT2D eigenvalue weighted by molar-refractivity contribution is 0.0464. The fourth-order valence-corrected chi connectivity index (χ4v) is 3.87. The molecule has 0 amide bonds. The lowest BCUT2D eigenvalue weighted by atomic mass is 9.91. The van der Waals surface area contributed by atoms with Gasteiger partial charge >= 0.3 is 0 Å². The summed E-state index contributed by atoms with van der Waals surface area (Å²) in [7, 11) is -3.22. The molecule has 0 bridgehead atoms. The summed E-state index contributed by atoms with van der Waals surface area (Å²) in [6.07, 6.45) is 0.769. The SMILES string of the molecule is O=S1(=O)CCCC(O)(c2cccc(F)c2)C1. The topological polar surface area (TPSA) is 54.4 Å². The van der Waals surface area contributed by atoms with Gasteiger partial charge in [0.05, 0.1) is 11.5 Å². The molecule has 16 heavy (non-hydrogen) atoms. The lowest BCUT2D eigenvalue weighted by Crippen LogP contribution is -2.39. The van der Waals surface area contributed by atoms with Gasteiger partial charge in [0.15, 0.2) is 9.84 Å². The Hall–Kier alpha value is -0.940. The lowest BCUT2D eigenvalue weighted by Gasteiger charge is -2.32. The Morgan fingerprint density at radius 2 is 2.12 bits per heavy atom. The molecular weight excluding hydrogens is 231 g/mol. The smallest absolute Gasteiger partial charge is 0.153 e. The molecule has 0 radical (unpaired) electrons. The van der Waals surface area contributed by atoms with Crippen LogP contribution in [0.5, 0.6) is 0 Å². The highest BCUT2D eigenvalue weighted by atomic mass is 32.2. The largest absolute Gasteiger partial charge is 0.384 e. The second-order valence-corrected chi connectivity index (χ2v) is 6.42. The van der Waals surface area contributed by atoms with Crippen molar-refractivity contribution in [2.45, 2.75) is 18.4 Å². The maximum atomic E-state index is 13.0. The van der Waals surface area contributed by atoms with Crippen LogP contribution in [-0.4, -0.2) is 25.0 Å². The van der Waals surface area contributed by atoms with Gasteiger partial charge in [0.25, 0.3) is 0 Å². The molecule has 1 heterocycles. The van der Waals surface area contributed by atoms with Crippen LogP contribution in [0.15, 0.2) is 24.3 Å². The number of benzene rings is 1. The summed E-state index contributed by atoms with van der Waals surface area (Å²) in [5.74, 6) is -0.678. The van der Waals surface area contributed by atoms with Gasteiger partial charge in [0.2, 0.25) is 0 Å². The molecule has 1 aliphatic heterocycles. The van der Waals surface area contributed by atoms with Gasteiger partial charge in [-0.1, -0.05) is 12.1 Å². The third kappa shape index (κ3) is 2.25. The minimum Gasteiger partial charge on any atom is -0.384 e. The molecule has 5 heteroatoms. The summed E-state index contributed by atoms with van der Waals surface area (Å²) >= 11 is 0. The van der Waals surface area contributed by atoms with Gasteiger partial charge in [-0.2, -0.15) is 0 Å². The first-order chi connectivity index (χ1) is 7.41. The number of aliphatic hydroxyl groups is 1. The molecule has 0 spiro atoms. The van der Waals surface area contributed by atoms with Crippen LogP contribution in [0.2, 0.25) is 0 Å². The number of sulfone groups is 1. The number of rotatable bonds is 1. The molecule has 0 aliphatic carbocycles. The van der Waals surface area contributed by atoms with Gasteiger partial charge in [0.1, 0.15) is 11.4 Å². The molecule has 2 rings (SSSR count). The van der Waals surface area contributed by atoms with Gasteiger partial charge in [-0.3, -0.25) is 0 Å². The van der Waals surface area contributed by atoms with Crippen molar-refractivity contribution in [3.63, 3.8) is 0 Å². The van der Waals surface area contributed by atoms with E-state index < -0.39 is 21.3 Å². The maximum absolute atomic E-state index is 13.0. The van der Waals surface area contributed by atoms with E-state index in [0.717, 1.165) is 0 Å². The Bertz CT molecular complexity index is 498. The predicted molar refractivity (Wildman–Crippen MR) is 58.2 cm³/mol. The van der Waals surface area contributed by atoms with Crippen molar-refractivity contribution < 1.29 is 17.9 Å². The number of halogens is 1. The zero-order valence-corrected chi connectivity index (χ0v) is 9.50. The van der Waals surface area contributed by atoms with Crippen LogP contribution in [0.4, 0.5) is 4.39 Å². The Labute approximate surface area is 93.8 Å². The fraction of sp³-hybridized carbons (Fsp3) is 0.455. The van der Waals surface area contributed by atoms with Crippen molar-refractivity contribution in [2.75, 3.05) is 11.5 Å². The molecule has 88 valence electrons. The van der Waals surface area contributed by atoms with E-state index in [1.54, 1.807) is 6.07 Å². The Morgan fingerprint density at radius 3 is 2.75 bits per heavy atom. The first-order valence-electron chi connectivity index (χ1n) is 5.10. The molecule has 1 unspecified atom stereocenters. The molecule has 1 atom stereocenters. The van der Waals surface area contributed by atoms with Crippen LogP contribution in [-0.2, 0) is 15.4 Å². The minimum absolute atomic E-state index is 0.102. The quantitative estimate of drug-likeness (QED) is 0.808. The summed E-state index contributed by atoms with van der Waals surface area (Å²) in [6.45, 7) is 0. The van der Waals surface area contributed by atoms with E-state index in [2.05, 4.69) is 0 Å². The van der Waals surface area contributed by atoms with Crippen molar-refractivity contribution >= 4 is 9.84 Å².